The average Bonchev–Trinajstić information content (AvgIpc) is 2.16. The molecule has 0 fully saturated rings. The molecule has 1 aliphatic rings. The summed E-state index contributed by atoms with van der Waals surface area (Å²) >= 11 is 0. The number of aryl methyl sites for hydroxylation is 1. The molecule has 0 saturated heterocycles. The van der Waals surface area contributed by atoms with Crippen molar-refractivity contribution >= 4 is 11.6 Å². The van der Waals surface area contributed by atoms with E-state index in [1.165, 1.54) is 17.5 Å². The third-order valence-corrected chi connectivity index (χ3v) is 2.68. The van der Waals surface area contributed by atoms with Crippen LogP contribution < -0.4 is 10.6 Å². The fraction of sp³-hybridized carbons (Fsp3) is 0.583. The van der Waals surface area contributed by atoms with Crippen LogP contribution in [-0.4, -0.2) is 17.6 Å². The van der Waals surface area contributed by atoms with Crippen LogP contribution >= 0.6 is 0 Å². The lowest BCUT2D eigenvalue weighted by Crippen LogP contribution is -2.17. The zero-order valence-corrected chi connectivity index (χ0v) is 9.72. The van der Waals surface area contributed by atoms with Gasteiger partial charge in [0.2, 0.25) is 0 Å². The molecule has 82 valence electrons. The van der Waals surface area contributed by atoms with Crippen LogP contribution in [0.4, 0.5) is 11.6 Å². The van der Waals surface area contributed by atoms with Crippen LogP contribution in [0.25, 0.3) is 0 Å². The minimum Gasteiger partial charge on any atom is -0.370 e. The second-order valence-corrected chi connectivity index (χ2v) is 4.48. The number of aromatic nitrogens is 1. The molecule has 0 spiro atoms. The van der Waals surface area contributed by atoms with E-state index in [0.29, 0.717) is 6.04 Å². The molecule has 1 aromatic heterocycles. The van der Waals surface area contributed by atoms with Gasteiger partial charge in [0.15, 0.2) is 0 Å². The van der Waals surface area contributed by atoms with Gasteiger partial charge in [-0.15, -0.1) is 0 Å². The van der Waals surface area contributed by atoms with Gasteiger partial charge in [-0.1, -0.05) is 0 Å². The normalized spacial score (nSPS) is 14.7. The average molecular weight is 205 g/mol. The summed E-state index contributed by atoms with van der Waals surface area (Å²) in [7, 11) is 0. The highest BCUT2D eigenvalue weighted by atomic mass is 15.1. The summed E-state index contributed by atoms with van der Waals surface area (Å²) in [5.74, 6) is 2.06. The van der Waals surface area contributed by atoms with Gasteiger partial charge in [-0.3, -0.25) is 0 Å². The molecule has 0 aliphatic carbocycles. The van der Waals surface area contributed by atoms with E-state index in [-0.39, 0.29) is 0 Å². The first kappa shape index (κ1) is 10.3. The van der Waals surface area contributed by atoms with Crippen molar-refractivity contribution in [1.82, 2.24) is 4.98 Å². The van der Waals surface area contributed by atoms with Gasteiger partial charge in [0.05, 0.1) is 0 Å². The Labute approximate surface area is 91.3 Å². The molecule has 0 amide bonds. The minimum absolute atomic E-state index is 0.429. The largest absolute Gasteiger partial charge is 0.370 e. The van der Waals surface area contributed by atoms with Gasteiger partial charge in [0.1, 0.15) is 11.6 Å². The Kier molecular flexibility index (Phi) is 2.80. The zero-order chi connectivity index (χ0) is 10.8. The van der Waals surface area contributed by atoms with Crippen molar-refractivity contribution in [2.45, 2.75) is 39.7 Å². The molecule has 0 unspecified atom stereocenters. The molecular weight excluding hydrogens is 186 g/mol. The van der Waals surface area contributed by atoms with Gasteiger partial charge in [-0.05, 0) is 50.8 Å². The number of nitrogens with one attached hydrogen (secondary N) is 2. The van der Waals surface area contributed by atoms with Crippen LogP contribution in [0.3, 0.4) is 0 Å². The summed E-state index contributed by atoms with van der Waals surface area (Å²) in [5.41, 5.74) is 2.73. The smallest absolute Gasteiger partial charge is 0.131 e. The molecule has 0 aromatic carbocycles. The van der Waals surface area contributed by atoms with E-state index in [0.717, 1.165) is 24.6 Å². The molecule has 3 nitrogen and oxygen atoms in total. The van der Waals surface area contributed by atoms with Crippen molar-refractivity contribution in [1.29, 1.82) is 0 Å². The molecule has 0 saturated carbocycles. The number of nitrogens with zero attached hydrogens (tertiary/aromatic N) is 1. The van der Waals surface area contributed by atoms with Crippen LogP contribution in [0.1, 0.15) is 31.4 Å². The Balaban J connectivity index is 2.32. The highest BCUT2D eigenvalue weighted by Crippen LogP contribution is 2.25. The Morgan fingerprint density at radius 3 is 3.00 bits per heavy atom. The third kappa shape index (κ3) is 2.22. The zero-order valence-electron chi connectivity index (χ0n) is 9.72. The van der Waals surface area contributed by atoms with Gasteiger partial charge in [-0.25, -0.2) is 4.98 Å². The van der Waals surface area contributed by atoms with E-state index in [1.54, 1.807) is 0 Å². The van der Waals surface area contributed by atoms with Crippen LogP contribution in [-0.2, 0) is 6.42 Å². The molecule has 1 aliphatic heterocycles. The van der Waals surface area contributed by atoms with Crippen LogP contribution in [0.2, 0.25) is 0 Å². The number of hydrogen-bond donors (Lipinski definition) is 2. The first-order valence-electron chi connectivity index (χ1n) is 5.68. The quantitative estimate of drug-likeness (QED) is 0.779. The number of pyridine rings is 1. The Morgan fingerprint density at radius 2 is 2.27 bits per heavy atom. The lowest BCUT2D eigenvalue weighted by Gasteiger charge is -2.21. The molecule has 1 aromatic rings. The lowest BCUT2D eigenvalue weighted by molar-refractivity contribution is 0.808. The molecule has 15 heavy (non-hydrogen) atoms. The molecule has 0 bridgehead atoms. The lowest BCUT2D eigenvalue weighted by atomic mass is 10.0. The number of fused-ring (bicyclic) bond motifs is 1. The number of rotatable bonds is 2. The minimum atomic E-state index is 0.429. The van der Waals surface area contributed by atoms with E-state index in [4.69, 9.17) is 0 Å². The first-order chi connectivity index (χ1) is 7.16. The fourth-order valence-electron chi connectivity index (χ4n) is 2.00. The highest BCUT2D eigenvalue weighted by Gasteiger charge is 2.13. The predicted octanol–water partition coefficient (Wildman–Crippen LogP) is 2.57. The fourth-order valence-corrected chi connectivity index (χ4v) is 2.00. The Morgan fingerprint density at radius 1 is 1.47 bits per heavy atom. The van der Waals surface area contributed by atoms with Gasteiger partial charge < -0.3 is 10.6 Å². The highest BCUT2D eigenvalue weighted by molar-refractivity contribution is 5.56. The first-order valence-corrected chi connectivity index (χ1v) is 5.68. The summed E-state index contributed by atoms with van der Waals surface area (Å²) in [6.07, 6.45) is 2.37. The molecule has 0 atom stereocenters. The Bertz CT molecular complexity index is 358. The molecule has 2 N–H and O–H groups in total. The number of anilines is 2. The number of hydrogen-bond acceptors (Lipinski definition) is 3. The standard InChI is InChI=1S/C12H19N3/c1-8(2)14-11-7-9(3)10-5-4-6-13-12(10)15-11/h7-8H,4-6H2,1-3H3,(H2,13,14,15). The van der Waals surface area contributed by atoms with E-state index in [1.807, 2.05) is 0 Å². The van der Waals surface area contributed by atoms with Crippen LogP contribution in [0.15, 0.2) is 6.07 Å². The van der Waals surface area contributed by atoms with Crippen molar-refractivity contribution in [2.75, 3.05) is 17.2 Å². The molecular formula is C12H19N3. The van der Waals surface area contributed by atoms with Crippen LogP contribution in [0.5, 0.6) is 0 Å². The van der Waals surface area contributed by atoms with E-state index in [9.17, 15) is 0 Å². The Hall–Kier alpha value is -1.25. The van der Waals surface area contributed by atoms with Crippen molar-refractivity contribution in [3.8, 4) is 0 Å². The van der Waals surface area contributed by atoms with E-state index < -0.39 is 0 Å². The third-order valence-electron chi connectivity index (χ3n) is 2.68. The SMILES string of the molecule is Cc1cc(NC(C)C)nc2c1CCCN2. The predicted molar refractivity (Wildman–Crippen MR) is 64.5 cm³/mol. The van der Waals surface area contributed by atoms with Crippen LogP contribution in [0, 0.1) is 6.92 Å². The molecule has 2 heterocycles. The second kappa shape index (κ2) is 4.09. The van der Waals surface area contributed by atoms with E-state index >= 15 is 0 Å². The topological polar surface area (TPSA) is 37.0 Å². The maximum absolute atomic E-state index is 4.59. The summed E-state index contributed by atoms with van der Waals surface area (Å²) in [6.45, 7) is 7.47. The summed E-state index contributed by atoms with van der Waals surface area (Å²) < 4.78 is 0. The summed E-state index contributed by atoms with van der Waals surface area (Å²) in [6, 6.07) is 2.57. The van der Waals surface area contributed by atoms with Gasteiger partial charge in [-0.2, -0.15) is 0 Å². The summed E-state index contributed by atoms with van der Waals surface area (Å²) in [5, 5.41) is 6.71. The maximum atomic E-state index is 4.59. The molecule has 3 heteroatoms. The molecule has 0 radical (unpaired) electrons. The van der Waals surface area contributed by atoms with Crippen molar-refractivity contribution in [3.05, 3.63) is 17.2 Å². The van der Waals surface area contributed by atoms with Crippen molar-refractivity contribution in [2.24, 2.45) is 0 Å². The maximum Gasteiger partial charge on any atom is 0.131 e. The van der Waals surface area contributed by atoms with Crippen molar-refractivity contribution in [3.63, 3.8) is 0 Å². The van der Waals surface area contributed by atoms with Gasteiger partial charge >= 0.3 is 0 Å². The monoisotopic (exact) mass is 205 g/mol. The van der Waals surface area contributed by atoms with Crippen molar-refractivity contribution < 1.29 is 0 Å². The second-order valence-electron chi connectivity index (χ2n) is 4.48. The van der Waals surface area contributed by atoms with E-state index in [2.05, 4.69) is 42.5 Å². The molecule has 2 rings (SSSR count). The van der Waals surface area contributed by atoms with Gasteiger partial charge in [0, 0.05) is 12.6 Å². The summed E-state index contributed by atoms with van der Waals surface area (Å²) in [4.78, 5) is 4.59. The van der Waals surface area contributed by atoms with Gasteiger partial charge in [0.25, 0.3) is 0 Å².